The molecule has 0 saturated heterocycles. The lowest BCUT2D eigenvalue weighted by atomic mass is 10.2. The first kappa shape index (κ1) is 22.7. The first-order valence-corrected chi connectivity index (χ1v) is 11.2. The number of nitrogens with one attached hydrogen (secondary N) is 2. The van der Waals surface area contributed by atoms with Gasteiger partial charge in [0.1, 0.15) is 11.4 Å². The van der Waals surface area contributed by atoms with Crippen LogP contribution in [-0.2, 0) is 16.1 Å². The second-order valence-electron chi connectivity index (χ2n) is 6.97. The third-order valence-corrected chi connectivity index (χ3v) is 6.56. The van der Waals surface area contributed by atoms with E-state index in [1.165, 1.54) is 29.0 Å². The van der Waals surface area contributed by atoms with Crippen LogP contribution in [0.1, 0.15) is 4.88 Å². The molecule has 4 rings (SSSR count). The Kier molecular flexibility index (Phi) is 6.29. The standard InChI is InChI=1S/C21H15F3N4O3S2/c1-10-2-5-14(33-10)11-8-32-20-17(11)21(31)28(9-26-20)7-16(30)25-6-15(29)27-13-4-3-12(22)18(23)19(13)24/h2-5,8-9H,6-7H2,1H3,(H,25,30)(H,27,29). The first-order valence-electron chi connectivity index (χ1n) is 9.48. The molecule has 1 aromatic carbocycles. The zero-order valence-electron chi connectivity index (χ0n) is 16.9. The lowest BCUT2D eigenvalue weighted by molar-refractivity contribution is -0.124. The van der Waals surface area contributed by atoms with Gasteiger partial charge in [0.25, 0.3) is 5.56 Å². The zero-order valence-corrected chi connectivity index (χ0v) is 18.6. The van der Waals surface area contributed by atoms with Crippen LogP contribution in [0.2, 0.25) is 0 Å². The number of anilines is 1. The molecule has 0 saturated carbocycles. The van der Waals surface area contributed by atoms with Gasteiger partial charge in [-0.25, -0.2) is 18.2 Å². The van der Waals surface area contributed by atoms with Gasteiger partial charge >= 0.3 is 0 Å². The predicted octanol–water partition coefficient (Wildman–Crippen LogP) is 3.67. The van der Waals surface area contributed by atoms with Gasteiger partial charge in [0, 0.05) is 20.7 Å². The molecule has 12 heteroatoms. The molecule has 0 radical (unpaired) electrons. The van der Waals surface area contributed by atoms with E-state index in [0.717, 1.165) is 26.0 Å². The van der Waals surface area contributed by atoms with Crippen molar-refractivity contribution in [1.82, 2.24) is 14.9 Å². The Hall–Kier alpha value is -3.51. The SMILES string of the molecule is Cc1ccc(-c2csc3ncn(CC(=O)NCC(=O)Nc4ccc(F)c(F)c4F)c(=O)c23)s1. The maximum atomic E-state index is 13.7. The molecule has 0 atom stereocenters. The second-order valence-corrected chi connectivity index (χ2v) is 9.11. The molecule has 0 unspecified atom stereocenters. The van der Waals surface area contributed by atoms with Crippen LogP contribution in [-0.4, -0.2) is 27.9 Å². The molecule has 33 heavy (non-hydrogen) atoms. The van der Waals surface area contributed by atoms with Crippen LogP contribution in [0.15, 0.2) is 40.8 Å². The van der Waals surface area contributed by atoms with Crippen molar-refractivity contribution in [2.75, 3.05) is 11.9 Å². The van der Waals surface area contributed by atoms with Crippen molar-refractivity contribution >= 4 is 50.4 Å². The Bertz CT molecular complexity index is 1440. The van der Waals surface area contributed by atoms with Gasteiger partial charge in [0.05, 0.1) is 23.9 Å². The number of amides is 2. The smallest absolute Gasteiger partial charge is 0.263 e. The zero-order chi connectivity index (χ0) is 23.7. The van der Waals surface area contributed by atoms with Crippen LogP contribution in [0.3, 0.4) is 0 Å². The molecule has 0 aliphatic rings. The van der Waals surface area contributed by atoms with E-state index in [2.05, 4.69) is 10.3 Å². The third kappa shape index (κ3) is 4.66. The highest BCUT2D eigenvalue weighted by atomic mass is 32.1. The number of benzene rings is 1. The Morgan fingerprint density at radius 3 is 2.61 bits per heavy atom. The third-order valence-electron chi connectivity index (χ3n) is 4.64. The van der Waals surface area contributed by atoms with Crippen molar-refractivity contribution in [3.8, 4) is 10.4 Å². The number of carbonyl (C=O) groups excluding carboxylic acids is 2. The van der Waals surface area contributed by atoms with Gasteiger partial charge in [0.15, 0.2) is 17.5 Å². The summed E-state index contributed by atoms with van der Waals surface area (Å²) in [7, 11) is 0. The number of fused-ring (bicyclic) bond motifs is 1. The number of nitrogens with zero attached hydrogens (tertiary/aromatic N) is 2. The summed E-state index contributed by atoms with van der Waals surface area (Å²) >= 11 is 2.87. The van der Waals surface area contributed by atoms with E-state index in [9.17, 15) is 27.6 Å². The summed E-state index contributed by atoms with van der Waals surface area (Å²) in [5.41, 5.74) is -0.216. The van der Waals surface area contributed by atoms with Crippen molar-refractivity contribution in [2.24, 2.45) is 0 Å². The molecule has 170 valence electrons. The maximum absolute atomic E-state index is 13.7. The minimum atomic E-state index is -1.72. The first-order chi connectivity index (χ1) is 15.7. The quantitative estimate of drug-likeness (QED) is 0.402. The number of hydrogen-bond donors (Lipinski definition) is 2. The largest absolute Gasteiger partial charge is 0.345 e. The van der Waals surface area contributed by atoms with E-state index >= 15 is 0 Å². The molecule has 2 N–H and O–H groups in total. The normalized spacial score (nSPS) is 11.0. The number of aryl methyl sites for hydroxylation is 1. The highest BCUT2D eigenvalue weighted by Crippen LogP contribution is 2.34. The van der Waals surface area contributed by atoms with Gasteiger partial charge in [-0.15, -0.1) is 22.7 Å². The summed E-state index contributed by atoms with van der Waals surface area (Å²) in [6.45, 7) is 0.994. The van der Waals surface area contributed by atoms with Gasteiger partial charge in [-0.05, 0) is 31.2 Å². The van der Waals surface area contributed by atoms with Crippen molar-refractivity contribution in [2.45, 2.75) is 13.5 Å². The average Bonchev–Trinajstić information content (AvgIpc) is 3.41. The molecule has 0 fully saturated rings. The van der Waals surface area contributed by atoms with Crippen molar-refractivity contribution in [3.05, 3.63) is 68.7 Å². The molecule has 0 bridgehead atoms. The van der Waals surface area contributed by atoms with Crippen LogP contribution in [0.5, 0.6) is 0 Å². The van der Waals surface area contributed by atoms with E-state index in [0.29, 0.717) is 16.3 Å². The molecule has 0 spiro atoms. The van der Waals surface area contributed by atoms with Crippen LogP contribution in [0.4, 0.5) is 18.9 Å². The Morgan fingerprint density at radius 1 is 1.09 bits per heavy atom. The van der Waals surface area contributed by atoms with E-state index < -0.39 is 53.6 Å². The van der Waals surface area contributed by atoms with E-state index in [1.54, 1.807) is 0 Å². The summed E-state index contributed by atoms with van der Waals surface area (Å²) in [5, 5.41) is 6.58. The number of thiophene rings is 2. The summed E-state index contributed by atoms with van der Waals surface area (Å²) in [5.74, 6) is -6.18. The fraction of sp³-hybridized carbons (Fsp3) is 0.143. The fourth-order valence-corrected chi connectivity index (χ4v) is 4.91. The summed E-state index contributed by atoms with van der Waals surface area (Å²) in [4.78, 5) is 44.0. The van der Waals surface area contributed by atoms with Crippen molar-refractivity contribution < 1.29 is 22.8 Å². The van der Waals surface area contributed by atoms with Gasteiger partial charge in [-0.1, -0.05) is 0 Å². The van der Waals surface area contributed by atoms with Gasteiger partial charge in [-0.3, -0.25) is 19.0 Å². The maximum Gasteiger partial charge on any atom is 0.263 e. The van der Waals surface area contributed by atoms with Crippen LogP contribution < -0.4 is 16.2 Å². The van der Waals surface area contributed by atoms with Gasteiger partial charge < -0.3 is 10.6 Å². The minimum absolute atomic E-state index is 0.395. The monoisotopic (exact) mass is 492 g/mol. The lowest BCUT2D eigenvalue weighted by Gasteiger charge is -2.09. The molecule has 0 aliphatic carbocycles. The highest BCUT2D eigenvalue weighted by Gasteiger charge is 2.17. The number of rotatable bonds is 6. The molecule has 2 amide bonds. The van der Waals surface area contributed by atoms with Crippen molar-refractivity contribution in [1.29, 1.82) is 0 Å². The fourth-order valence-electron chi connectivity index (χ4n) is 3.05. The molecular weight excluding hydrogens is 477 g/mol. The van der Waals surface area contributed by atoms with Gasteiger partial charge in [0.2, 0.25) is 11.8 Å². The molecule has 3 aromatic heterocycles. The Labute approximate surface area is 192 Å². The average molecular weight is 493 g/mol. The summed E-state index contributed by atoms with van der Waals surface area (Å²) < 4.78 is 41.0. The topological polar surface area (TPSA) is 93.1 Å². The highest BCUT2D eigenvalue weighted by molar-refractivity contribution is 7.19. The minimum Gasteiger partial charge on any atom is -0.345 e. The van der Waals surface area contributed by atoms with Crippen LogP contribution >= 0.6 is 22.7 Å². The van der Waals surface area contributed by atoms with E-state index in [1.807, 2.05) is 29.8 Å². The van der Waals surface area contributed by atoms with Crippen molar-refractivity contribution in [3.63, 3.8) is 0 Å². The Morgan fingerprint density at radius 2 is 1.88 bits per heavy atom. The van der Waals surface area contributed by atoms with E-state index in [-0.39, 0.29) is 0 Å². The van der Waals surface area contributed by atoms with Crippen LogP contribution in [0, 0.1) is 24.4 Å². The number of aromatic nitrogens is 2. The number of carbonyl (C=O) groups is 2. The van der Waals surface area contributed by atoms with Gasteiger partial charge in [-0.2, -0.15) is 0 Å². The Balaban J connectivity index is 1.44. The summed E-state index contributed by atoms with van der Waals surface area (Å²) in [6.07, 6.45) is 1.25. The number of hydrogen-bond acceptors (Lipinski definition) is 6. The van der Waals surface area contributed by atoms with E-state index in [4.69, 9.17) is 0 Å². The lowest BCUT2D eigenvalue weighted by Crippen LogP contribution is -2.37. The number of halogens is 3. The molecule has 3 heterocycles. The molecular formula is C21H15F3N4O3S2. The predicted molar refractivity (Wildman–Crippen MR) is 120 cm³/mol. The second kappa shape index (κ2) is 9.16. The molecule has 4 aromatic rings. The van der Waals surface area contributed by atoms with Crippen LogP contribution in [0.25, 0.3) is 20.7 Å². The molecule has 7 nitrogen and oxygen atoms in total. The molecule has 0 aliphatic heterocycles. The summed E-state index contributed by atoms with van der Waals surface area (Å²) in [6, 6.07) is 5.39.